The number of halogens is 2. The molecule has 0 fully saturated rings. The van der Waals surface area contributed by atoms with E-state index in [2.05, 4.69) is 26.2 Å². The Morgan fingerprint density at radius 3 is 2.82 bits per heavy atom. The van der Waals surface area contributed by atoms with Crippen LogP contribution in [0.1, 0.15) is 5.56 Å². The Hall–Kier alpha value is -1.62. The molecule has 2 rings (SSSR count). The molecular weight excluding hydrogens is 285 g/mol. The van der Waals surface area contributed by atoms with Gasteiger partial charge >= 0.3 is 0 Å². The van der Waals surface area contributed by atoms with Crippen LogP contribution in [-0.2, 0) is 6.54 Å². The van der Waals surface area contributed by atoms with Crippen LogP contribution in [0, 0.1) is 5.82 Å². The number of nitrogens with one attached hydrogen (secondary N) is 1. The molecule has 0 amide bonds. The zero-order valence-corrected chi connectivity index (χ0v) is 10.5. The molecule has 0 aliphatic carbocycles. The Labute approximate surface area is 107 Å². The largest absolute Gasteiger partial charge is 0.396 e. The number of rotatable bonds is 3. The third-order valence-electron chi connectivity index (χ3n) is 2.29. The van der Waals surface area contributed by atoms with Crippen molar-refractivity contribution in [3.63, 3.8) is 0 Å². The summed E-state index contributed by atoms with van der Waals surface area (Å²) in [5.41, 5.74) is 6.88. The molecule has 0 spiro atoms. The van der Waals surface area contributed by atoms with Crippen molar-refractivity contribution in [3.8, 4) is 0 Å². The van der Waals surface area contributed by atoms with Crippen LogP contribution in [0.25, 0.3) is 0 Å². The van der Waals surface area contributed by atoms with Gasteiger partial charge in [0.05, 0.1) is 5.69 Å². The van der Waals surface area contributed by atoms with Gasteiger partial charge in [0.2, 0.25) is 0 Å². The van der Waals surface area contributed by atoms with E-state index in [4.69, 9.17) is 5.73 Å². The zero-order chi connectivity index (χ0) is 12.3. The number of anilines is 2. The third kappa shape index (κ3) is 2.94. The lowest BCUT2D eigenvalue weighted by Gasteiger charge is -2.09. The molecule has 2 aromatic rings. The second-order valence-electron chi connectivity index (χ2n) is 3.54. The normalized spacial score (nSPS) is 10.2. The Morgan fingerprint density at radius 1 is 1.35 bits per heavy atom. The molecule has 0 radical (unpaired) electrons. The Bertz CT molecular complexity index is 531. The molecule has 0 saturated carbocycles. The molecule has 0 saturated heterocycles. The van der Waals surface area contributed by atoms with Gasteiger partial charge in [-0.25, -0.2) is 9.37 Å². The van der Waals surface area contributed by atoms with Gasteiger partial charge in [0.25, 0.3) is 0 Å². The van der Waals surface area contributed by atoms with Crippen LogP contribution in [0.2, 0.25) is 0 Å². The van der Waals surface area contributed by atoms with Crippen LogP contribution in [0.3, 0.4) is 0 Å². The highest BCUT2D eigenvalue weighted by molar-refractivity contribution is 9.10. The number of pyridine rings is 1. The smallest absolute Gasteiger partial charge is 0.149 e. The molecular formula is C12H11BrFN3. The zero-order valence-electron chi connectivity index (χ0n) is 8.95. The number of aromatic nitrogens is 1. The minimum Gasteiger partial charge on any atom is -0.396 e. The van der Waals surface area contributed by atoms with Gasteiger partial charge in [-0.05, 0) is 28.1 Å². The molecule has 0 bridgehead atoms. The summed E-state index contributed by atoms with van der Waals surface area (Å²) in [6, 6.07) is 8.34. The van der Waals surface area contributed by atoms with E-state index in [-0.39, 0.29) is 5.82 Å². The van der Waals surface area contributed by atoms with Crippen molar-refractivity contribution in [1.29, 1.82) is 0 Å². The van der Waals surface area contributed by atoms with Crippen LogP contribution in [0.4, 0.5) is 15.9 Å². The molecule has 3 nitrogen and oxygen atoms in total. The standard InChI is InChI=1S/C12H11BrFN3/c13-9-5-11(15)12(17-7-9)16-6-8-3-1-2-4-10(8)14/h1-5,7H,6,15H2,(H,16,17). The minimum atomic E-state index is -0.240. The molecule has 1 heterocycles. The van der Waals surface area contributed by atoms with Crippen molar-refractivity contribution in [2.45, 2.75) is 6.54 Å². The topological polar surface area (TPSA) is 50.9 Å². The van der Waals surface area contributed by atoms with Crippen molar-refractivity contribution in [2.75, 3.05) is 11.1 Å². The van der Waals surface area contributed by atoms with Crippen molar-refractivity contribution in [2.24, 2.45) is 0 Å². The van der Waals surface area contributed by atoms with Gasteiger partial charge in [-0.2, -0.15) is 0 Å². The lowest BCUT2D eigenvalue weighted by molar-refractivity contribution is 0.613. The molecule has 88 valence electrons. The molecule has 5 heteroatoms. The van der Waals surface area contributed by atoms with Gasteiger partial charge in [-0.3, -0.25) is 0 Å². The lowest BCUT2D eigenvalue weighted by Crippen LogP contribution is -2.05. The van der Waals surface area contributed by atoms with Gasteiger partial charge in [0.15, 0.2) is 0 Å². The fourth-order valence-electron chi connectivity index (χ4n) is 1.42. The predicted molar refractivity (Wildman–Crippen MR) is 70.1 cm³/mol. The van der Waals surface area contributed by atoms with Gasteiger partial charge in [-0.1, -0.05) is 18.2 Å². The van der Waals surface area contributed by atoms with Crippen molar-refractivity contribution in [3.05, 3.63) is 52.4 Å². The van der Waals surface area contributed by atoms with Crippen LogP contribution in [-0.4, -0.2) is 4.98 Å². The van der Waals surface area contributed by atoms with E-state index in [0.29, 0.717) is 23.6 Å². The maximum atomic E-state index is 13.4. The van der Waals surface area contributed by atoms with Crippen molar-refractivity contribution in [1.82, 2.24) is 4.98 Å². The van der Waals surface area contributed by atoms with Crippen molar-refractivity contribution < 1.29 is 4.39 Å². The van der Waals surface area contributed by atoms with E-state index in [0.717, 1.165) is 4.47 Å². The van der Waals surface area contributed by atoms with Gasteiger partial charge < -0.3 is 11.1 Å². The number of hydrogen-bond donors (Lipinski definition) is 2. The highest BCUT2D eigenvalue weighted by Gasteiger charge is 2.03. The maximum Gasteiger partial charge on any atom is 0.149 e. The van der Waals surface area contributed by atoms with Gasteiger partial charge in [0, 0.05) is 22.8 Å². The van der Waals surface area contributed by atoms with E-state index < -0.39 is 0 Å². The summed E-state index contributed by atoms with van der Waals surface area (Å²) in [5.74, 6) is 0.312. The summed E-state index contributed by atoms with van der Waals surface area (Å²) < 4.78 is 14.2. The molecule has 1 aromatic carbocycles. The first-order valence-electron chi connectivity index (χ1n) is 5.05. The molecule has 0 unspecified atom stereocenters. The summed E-state index contributed by atoms with van der Waals surface area (Å²) in [5, 5.41) is 3.00. The monoisotopic (exact) mass is 295 g/mol. The summed E-state index contributed by atoms with van der Waals surface area (Å²) in [4.78, 5) is 4.12. The fourth-order valence-corrected chi connectivity index (χ4v) is 1.77. The molecule has 1 aromatic heterocycles. The van der Waals surface area contributed by atoms with Crippen molar-refractivity contribution >= 4 is 27.4 Å². The van der Waals surface area contributed by atoms with Gasteiger partial charge in [0.1, 0.15) is 11.6 Å². The Morgan fingerprint density at radius 2 is 2.12 bits per heavy atom. The van der Waals surface area contributed by atoms with E-state index in [1.54, 1.807) is 30.5 Å². The van der Waals surface area contributed by atoms with Crippen LogP contribution >= 0.6 is 15.9 Å². The molecule has 0 aliphatic heterocycles. The molecule has 0 aliphatic rings. The average molecular weight is 296 g/mol. The maximum absolute atomic E-state index is 13.4. The summed E-state index contributed by atoms with van der Waals surface area (Å²) in [7, 11) is 0. The highest BCUT2D eigenvalue weighted by Crippen LogP contribution is 2.20. The Kier molecular flexibility index (Phi) is 3.58. The molecule has 17 heavy (non-hydrogen) atoms. The lowest BCUT2D eigenvalue weighted by atomic mass is 10.2. The van der Waals surface area contributed by atoms with Crippen LogP contribution in [0.5, 0.6) is 0 Å². The predicted octanol–water partition coefficient (Wildman–Crippen LogP) is 3.18. The van der Waals surface area contributed by atoms with Crippen LogP contribution in [0.15, 0.2) is 41.0 Å². The number of benzene rings is 1. The fraction of sp³-hybridized carbons (Fsp3) is 0.0833. The summed E-state index contributed by atoms with van der Waals surface area (Å²) >= 11 is 3.27. The Balaban J connectivity index is 2.10. The number of nitrogens with two attached hydrogens (primary N) is 1. The number of nitrogen functional groups attached to an aromatic ring is 1. The van der Waals surface area contributed by atoms with Crippen LogP contribution < -0.4 is 11.1 Å². The summed E-state index contributed by atoms with van der Waals surface area (Å²) in [6.45, 7) is 0.353. The average Bonchev–Trinajstić information content (AvgIpc) is 2.30. The highest BCUT2D eigenvalue weighted by atomic mass is 79.9. The minimum absolute atomic E-state index is 0.240. The first-order chi connectivity index (χ1) is 8.16. The third-order valence-corrected chi connectivity index (χ3v) is 2.72. The number of hydrogen-bond acceptors (Lipinski definition) is 3. The summed E-state index contributed by atoms with van der Waals surface area (Å²) in [6.07, 6.45) is 1.64. The van der Waals surface area contributed by atoms with E-state index in [1.807, 2.05) is 0 Å². The van der Waals surface area contributed by atoms with E-state index in [9.17, 15) is 4.39 Å². The van der Waals surface area contributed by atoms with E-state index in [1.165, 1.54) is 6.07 Å². The number of nitrogens with zero attached hydrogens (tertiary/aromatic N) is 1. The first-order valence-corrected chi connectivity index (χ1v) is 5.84. The SMILES string of the molecule is Nc1cc(Br)cnc1NCc1ccccc1F. The molecule has 3 N–H and O–H groups in total. The van der Waals surface area contributed by atoms with E-state index >= 15 is 0 Å². The molecule has 0 atom stereocenters. The second kappa shape index (κ2) is 5.14. The van der Waals surface area contributed by atoms with Gasteiger partial charge in [-0.15, -0.1) is 0 Å². The second-order valence-corrected chi connectivity index (χ2v) is 4.45. The quantitative estimate of drug-likeness (QED) is 0.914. The first kappa shape index (κ1) is 11.9.